The van der Waals surface area contributed by atoms with Gasteiger partial charge in [-0.25, -0.2) is 0 Å². The van der Waals surface area contributed by atoms with E-state index in [0.717, 1.165) is 42.1 Å². The van der Waals surface area contributed by atoms with Crippen LogP contribution in [0.5, 0.6) is 5.75 Å². The summed E-state index contributed by atoms with van der Waals surface area (Å²) >= 11 is 1.57. The fourth-order valence-electron chi connectivity index (χ4n) is 3.76. The third-order valence-corrected chi connectivity index (χ3v) is 6.66. The predicted molar refractivity (Wildman–Crippen MR) is 114 cm³/mol. The Hall–Kier alpha value is -2.51. The molecule has 2 N–H and O–H groups in total. The van der Waals surface area contributed by atoms with Gasteiger partial charge in [-0.2, -0.15) is 0 Å². The lowest BCUT2D eigenvalue weighted by Crippen LogP contribution is -2.46. The number of anilines is 1. The molecule has 4 rings (SSSR count). The van der Waals surface area contributed by atoms with Gasteiger partial charge in [0.1, 0.15) is 11.1 Å². The van der Waals surface area contributed by atoms with E-state index in [1.165, 1.54) is 6.42 Å². The lowest BCUT2D eigenvalue weighted by molar-refractivity contribution is -0.118. The van der Waals surface area contributed by atoms with Crippen LogP contribution in [0.15, 0.2) is 47.4 Å². The van der Waals surface area contributed by atoms with Crippen molar-refractivity contribution in [3.05, 3.63) is 53.6 Å². The number of carbonyl (C=O) groups excluding carboxylic acids is 2. The van der Waals surface area contributed by atoms with Gasteiger partial charge in [-0.15, -0.1) is 0 Å². The molecule has 152 valence electrons. The van der Waals surface area contributed by atoms with Crippen LogP contribution < -0.4 is 15.4 Å². The third kappa shape index (κ3) is 4.41. The molecule has 0 aromatic heterocycles. The number of fused-ring (bicyclic) bond motifs is 1. The van der Waals surface area contributed by atoms with Gasteiger partial charge in [-0.1, -0.05) is 36.4 Å². The number of nitrogens with one attached hydrogen (secondary N) is 2. The molecule has 1 unspecified atom stereocenters. The first-order chi connectivity index (χ1) is 14.2. The number of nitrogens with zero attached hydrogens (tertiary/aromatic N) is 1. The Balaban J connectivity index is 1.44. The van der Waals surface area contributed by atoms with Gasteiger partial charge in [0, 0.05) is 22.6 Å². The number of carbonyl (C=O) groups is 2. The molecule has 0 radical (unpaired) electrons. The Kier molecular flexibility index (Phi) is 6.06. The predicted octanol–water partition coefficient (Wildman–Crippen LogP) is 3.48. The van der Waals surface area contributed by atoms with Crippen molar-refractivity contribution in [1.29, 1.82) is 0 Å². The lowest BCUT2D eigenvalue weighted by atomic mass is 10.1. The zero-order chi connectivity index (χ0) is 20.2. The maximum atomic E-state index is 12.6. The molecule has 0 bridgehead atoms. The summed E-state index contributed by atoms with van der Waals surface area (Å²) in [5, 5.41) is 5.73. The second-order valence-corrected chi connectivity index (χ2v) is 8.38. The molecule has 2 heterocycles. The van der Waals surface area contributed by atoms with E-state index in [1.807, 2.05) is 36.4 Å². The quantitative estimate of drug-likeness (QED) is 0.788. The van der Waals surface area contributed by atoms with Gasteiger partial charge >= 0.3 is 0 Å². The maximum Gasteiger partial charge on any atom is 0.252 e. The number of ether oxygens (including phenoxy) is 1. The van der Waals surface area contributed by atoms with Crippen LogP contribution in [0.25, 0.3) is 0 Å². The minimum atomic E-state index is -0.187. The SMILES string of the molecule is COc1ccccc1CNC(=O)c1ccc2c(c1)NC(=O)C(N1CCCCC1)S2. The molecule has 0 spiro atoms. The summed E-state index contributed by atoms with van der Waals surface area (Å²) in [6, 6.07) is 13.1. The number of benzene rings is 2. The Morgan fingerprint density at radius 1 is 1.21 bits per heavy atom. The van der Waals surface area contributed by atoms with Crippen LogP contribution >= 0.6 is 11.8 Å². The molecule has 0 saturated carbocycles. The molecule has 1 fully saturated rings. The van der Waals surface area contributed by atoms with Crippen LogP contribution in [0.3, 0.4) is 0 Å². The number of para-hydroxylation sites is 1. The summed E-state index contributed by atoms with van der Waals surface area (Å²) in [7, 11) is 1.61. The zero-order valence-corrected chi connectivity index (χ0v) is 17.3. The van der Waals surface area contributed by atoms with Gasteiger partial charge in [-0.05, 0) is 50.2 Å². The van der Waals surface area contributed by atoms with Crippen LogP contribution in [0.2, 0.25) is 0 Å². The monoisotopic (exact) mass is 411 g/mol. The normalized spacial score (nSPS) is 19.2. The molecule has 1 atom stereocenters. The summed E-state index contributed by atoms with van der Waals surface area (Å²) in [5.74, 6) is 0.553. The van der Waals surface area contributed by atoms with Crippen LogP contribution in [0.1, 0.15) is 35.2 Å². The van der Waals surface area contributed by atoms with Gasteiger partial charge in [0.05, 0.1) is 12.8 Å². The van der Waals surface area contributed by atoms with E-state index in [4.69, 9.17) is 4.74 Å². The van der Waals surface area contributed by atoms with Crippen molar-refractivity contribution in [2.24, 2.45) is 0 Å². The summed E-state index contributed by atoms with van der Waals surface area (Å²) in [5.41, 5.74) is 2.14. The highest BCUT2D eigenvalue weighted by Crippen LogP contribution is 2.38. The van der Waals surface area contributed by atoms with E-state index >= 15 is 0 Å². The van der Waals surface area contributed by atoms with E-state index in [1.54, 1.807) is 24.9 Å². The zero-order valence-electron chi connectivity index (χ0n) is 16.4. The van der Waals surface area contributed by atoms with Gasteiger partial charge in [0.25, 0.3) is 11.8 Å². The second kappa shape index (κ2) is 8.88. The number of likely N-dealkylation sites (tertiary alicyclic amines) is 1. The number of thioether (sulfide) groups is 1. The molecule has 2 aromatic carbocycles. The third-order valence-electron chi connectivity index (χ3n) is 5.32. The Morgan fingerprint density at radius 3 is 2.79 bits per heavy atom. The summed E-state index contributed by atoms with van der Waals surface area (Å²) in [6.45, 7) is 2.30. The molecule has 6 nitrogen and oxygen atoms in total. The van der Waals surface area contributed by atoms with Crippen molar-refractivity contribution in [2.45, 2.75) is 36.1 Å². The average molecular weight is 412 g/mol. The first-order valence-corrected chi connectivity index (χ1v) is 10.8. The molecule has 2 aliphatic heterocycles. The smallest absolute Gasteiger partial charge is 0.252 e. The fourth-order valence-corrected chi connectivity index (χ4v) is 4.91. The van der Waals surface area contributed by atoms with E-state index in [0.29, 0.717) is 17.8 Å². The largest absolute Gasteiger partial charge is 0.496 e. The van der Waals surface area contributed by atoms with Gasteiger partial charge in [0.15, 0.2) is 0 Å². The highest BCUT2D eigenvalue weighted by atomic mass is 32.2. The van der Waals surface area contributed by atoms with E-state index in [9.17, 15) is 9.59 Å². The van der Waals surface area contributed by atoms with Gasteiger partial charge < -0.3 is 15.4 Å². The van der Waals surface area contributed by atoms with Crippen molar-refractivity contribution in [3.8, 4) is 5.75 Å². The molecular weight excluding hydrogens is 386 g/mol. The van der Waals surface area contributed by atoms with E-state index in [2.05, 4.69) is 15.5 Å². The topological polar surface area (TPSA) is 70.7 Å². The second-order valence-electron chi connectivity index (χ2n) is 7.26. The number of hydrogen-bond donors (Lipinski definition) is 2. The highest BCUT2D eigenvalue weighted by molar-refractivity contribution is 8.00. The number of rotatable bonds is 5. The minimum absolute atomic E-state index is 0.00372. The Morgan fingerprint density at radius 2 is 2.00 bits per heavy atom. The average Bonchev–Trinajstić information content (AvgIpc) is 2.77. The van der Waals surface area contributed by atoms with Crippen molar-refractivity contribution >= 4 is 29.3 Å². The fraction of sp³-hybridized carbons (Fsp3) is 0.364. The van der Waals surface area contributed by atoms with Crippen LogP contribution in [0.4, 0.5) is 5.69 Å². The molecule has 1 saturated heterocycles. The molecule has 7 heteroatoms. The van der Waals surface area contributed by atoms with E-state index in [-0.39, 0.29) is 17.2 Å². The first kappa shape index (κ1) is 19.8. The number of piperidine rings is 1. The van der Waals surface area contributed by atoms with E-state index < -0.39 is 0 Å². The van der Waals surface area contributed by atoms with Crippen LogP contribution in [0, 0.1) is 0 Å². The van der Waals surface area contributed by atoms with Crippen molar-refractivity contribution in [3.63, 3.8) is 0 Å². The van der Waals surface area contributed by atoms with Crippen molar-refractivity contribution < 1.29 is 14.3 Å². The summed E-state index contributed by atoms with van der Waals surface area (Å²) in [4.78, 5) is 28.5. The Labute approximate surface area is 175 Å². The number of methoxy groups -OCH3 is 1. The number of hydrogen-bond acceptors (Lipinski definition) is 5. The molecule has 2 amide bonds. The molecular formula is C22H25N3O3S. The van der Waals surface area contributed by atoms with Crippen LogP contribution in [-0.4, -0.2) is 42.3 Å². The molecule has 0 aliphatic carbocycles. The molecule has 2 aliphatic rings. The highest BCUT2D eigenvalue weighted by Gasteiger charge is 2.33. The maximum absolute atomic E-state index is 12.6. The molecule has 29 heavy (non-hydrogen) atoms. The van der Waals surface area contributed by atoms with Crippen molar-refractivity contribution in [1.82, 2.24) is 10.2 Å². The standard InChI is InChI=1S/C22H25N3O3S/c1-28-18-8-4-3-7-16(18)14-23-20(26)15-9-10-19-17(13-15)24-21(27)22(29-19)25-11-5-2-6-12-25/h3-4,7-10,13,22H,2,5-6,11-12,14H2,1H3,(H,23,26)(H,24,27). The van der Waals surface area contributed by atoms with Crippen LogP contribution in [-0.2, 0) is 11.3 Å². The van der Waals surface area contributed by atoms with Crippen molar-refractivity contribution in [2.75, 3.05) is 25.5 Å². The minimum Gasteiger partial charge on any atom is -0.496 e. The van der Waals surface area contributed by atoms with Gasteiger partial charge in [0.2, 0.25) is 0 Å². The summed E-state index contributed by atoms with van der Waals surface area (Å²) < 4.78 is 5.32. The first-order valence-electron chi connectivity index (χ1n) is 9.91. The summed E-state index contributed by atoms with van der Waals surface area (Å²) in [6.07, 6.45) is 3.52. The Bertz CT molecular complexity index is 912. The molecule has 2 aromatic rings. The lowest BCUT2D eigenvalue weighted by Gasteiger charge is -2.35. The van der Waals surface area contributed by atoms with Gasteiger partial charge in [-0.3, -0.25) is 14.5 Å². The number of amides is 2.